The van der Waals surface area contributed by atoms with Crippen molar-refractivity contribution >= 4 is 5.65 Å². The molecule has 2 aromatic heterocycles. The van der Waals surface area contributed by atoms with Gasteiger partial charge < -0.3 is 14.8 Å². The quantitative estimate of drug-likeness (QED) is 0.841. The molecule has 2 aromatic rings. The molecule has 4 nitrogen and oxygen atoms in total. The predicted molar refractivity (Wildman–Crippen MR) is 67.9 cm³/mol. The average molecular weight is 233 g/mol. The predicted octanol–water partition coefficient (Wildman–Crippen LogP) is 1.50. The lowest BCUT2D eigenvalue weighted by Gasteiger charge is -2.23. The summed E-state index contributed by atoms with van der Waals surface area (Å²) < 4.78 is 2.08. The zero-order valence-electron chi connectivity index (χ0n) is 10.6. The van der Waals surface area contributed by atoms with Gasteiger partial charge in [0.25, 0.3) is 0 Å². The number of hydrogen-bond acceptors (Lipinski definition) is 3. The maximum atomic E-state index is 9.22. The minimum Gasteiger partial charge on any atom is -0.394 e. The van der Waals surface area contributed by atoms with Gasteiger partial charge in [-0.25, -0.2) is 4.98 Å². The molecule has 0 aliphatic heterocycles. The molecule has 2 rings (SSSR count). The molecule has 0 atom stereocenters. The topological polar surface area (TPSA) is 49.6 Å². The molecule has 17 heavy (non-hydrogen) atoms. The Morgan fingerprint density at radius 1 is 1.41 bits per heavy atom. The first-order valence-electron chi connectivity index (χ1n) is 5.82. The van der Waals surface area contributed by atoms with E-state index in [4.69, 9.17) is 0 Å². The number of aryl methyl sites for hydroxylation is 1. The molecule has 0 fully saturated rings. The highest BCUT2D eigenvalue weighted by atomic mass is 16.3. The fraction of sp³-hybridized carbons (Fsp3) is 0.462. The third kappa shape index (κ3) is 2.48. The molecule has 92 valence electrons. The summed E-state index contributed by atoms with van der Waals surface area (Å²) >= 11 is 0. The van der Waals surface area contributed by atoms with E-state index in [-0.39, 0.29) is 12.1 Å². The zero-order chi connectivity index (χ0) is 12.5. The van der Waals surface area contributed by atoms with E-state index in [1.165, 1.54) is 0 Å². The summed E-state index contributed by atoms with van der Waals surface area (Å²) in [5, 5.41) is 12.6. The molecule has 0 amide bonds. The van der Waals surface area contributed by atoms with E-state index < -0.39 is 0 Å². The monoisotopic (exact) mass is 233 g/mol. The number of nitrogens with zero attached hydrogens (tertiary/aromatic N) is 2. The van der Waals surface area contributed by atoms with E-state index in [2.05, 4.69) is 14.7 Å². The van der Waals surface area contributed by atoms with Gasteiger partial charge in [0.1, 0.15) is 5.65 Å². The number of rotatable bonds is 4. The summed E-state index contributed by atoms with van der Waals surface area (Å²) in [6.45, 7) is 6.78. The van der Waals surface area contributed by atoms with Crippen molar-refractivity contribution in [2.45, 2.75) is 32.9 Å². The van der Waals surface area contributed by atoms with Gasteiger partial charge in [-0.05, 0) is 32.9 Å². The second-order valence-corrected chi connectivity index (χ2v) is 4.97. The molecular weight excluding hydrogens is 214 g/mol. The molecule has 0 aliphatic rings. The van der Waals surface area contributed by atoms with Gasteiger partial charge in [-0.15, -0.1) is 0 Å². The molecule has 0 radical (unpaired) electrons. The molecule has 0 spiro atoms. The largest absolute Gasteiger partial charge is 0.394 e. The molecule has 0 saturated carbocycles. The number of pyridine rings is 1. The minimum absolute atomic E-state index is 0.114. The SMILES string of the molecule is Cc1nc2ccccn2c1CNC(C)(C)CO. The third-order valence-corrected chi connectivity index (χ3v) is 2.96. The van der Waals surface area contributed by atoms with Crippen LogP contribution in [0.25, 0.3) is 5.65 Å². The summed E-state index contributed by atoms with van der Waals surface area (Å²) in [7, 11) is 0. The Hall–Kier alpha value is -1.39. The second-order valence-electron chi connectivity index (χ2n) is 4.97. The van der Waals surface area contributed by atoms with Gasteiger partial charge in [-0.3, -0.25) is 0 Å². The van der Waals surface area contributed by atoms with Gasteiger partial charge >= 0.3 is 0 Å². The number of imidazole rings is 1. The summed E-state index contributed by atoms with van der Waals surface area (Å²) in [6.07, 6.45) is 2.01. The van der Waals surface area contributed by atoms with Crippen molar-refractivity contribution in [3.05, 3.63) is 35.8 Å². The highest BCUT2D eigenvalue weighted by Crippen LogP contribution is 2.12. The molecule has 0 bridgehead atoms. The Labute approximate surface area is 101 Å². The second kappa shape index (κ2) is 4.47. The van der Waals surface area contributed by atoms with Crippen molar-refractivity contribution in [2.24, 2.45) is 0 Å². The van der Waals surface area contributed by atoms with Crippen molar-refractivity contribution in [3.8, 4) is 0 Å². The number of hydrogen-bond donors (Lipinski definition) is 2. The van der Waals surface area contributed by atoms with Crippen molar-refractivity contribution < 1.29 is 5.11 Å². The lowest BCUT2D eigenvalue weighted by atomic mass is 10.1. The fourth-order valence-corrected chi connectivity index (χ4v) is 1.76. The van der Waals surface area contributed by atoms with Crippen LogP contribution in [0.15, 0.2) is 24.4 Å². The normalized spacial score (nSPS) is 12.2. The summed E-state index contributed by atoms with van der Waals surface area (Å²) in [6, 6.07) is 5.97. The van der Waals surface area contributed by atoms with Crippen LogP contribution >= 0.6 is 0 Å². The maximum Gasteiger partial charge on any atom is 0.137 e. The standard InChI is InChI=1S/C13H19N3O/c1-10-11(8-14-13(2,3)9-17)16-7-5-4-6-12(16)15-10/h4-7,14,17H,8-9H2,1-3H3. The number of aliphatic hydroxyl groups is 1. The Bertz CT molecular complexity index is 516. The Morgan fingerprint density at radius 2 is 2.18 bits per heavy atom. The van der Waals surface area contributed by atoms with E-state index in [9.17, 15) is 5.11 Å². The van der Waals surface area contributed by atoms with Gasteiger partial charge in [0, 0.05) is 18.3 Å². The first kappa shape index (κ1) is 12.1. The van der Waals surface area contributed by atoms with E-state index in [0.717, 1.165) is 17.0 Å². The van der Waals surface area contributed by atoms with Gasteiger partial charge in [0.05, 0.1) is 18.0 Å². The first-order valence-corrected chi connectivity index (χ1v) is 5.82. The van der Waals surface area contributed by atoms with Crippen molar-refractivity contribution in [1.29, 1.82) is 0 Å². The molecule has 0 unspecified atom stereocenters. The fourth-order valence-electron chi connectivity index (χ4n) is 1.76. The van der Waals surface area contributed by atoms with Gasteiger partial charge in [0.15, 0.2) is 0 Å². The van der Waals surface area contributed by atoms with Crippen LogP contribution in [0.2, 0.25) is 0 Å². The Kier molecular flexibility index (Phi) is 3.17. The van der Waals surface area contributed by atoms with Gasteiger partial charge in [-0.2, -0.15) is 0 Å². The molecule has 4 heteroatoms. The molecular formula is C13H19N3O. The van der Waals surface area contributed by atoms with Crippen LogP contribution in [0.4, 0.5) is 0 Å². The molecule has 0 aromatic carbocycles. The smallest absolute Gasteiger partial charge is 0.137 e. The van der Waals surface area contributed by atoms with E-state index >= 15 is 0 Å². The van der Waals surface area contributed by atoms with Crippen molar-refractivity contribution in [3.63, 3.8) is 0 Å². The van der Waals surface area contributed by atoms with Crippen LogP contribution in [-0.4, -0.2) is 26.6 Å². The van der Waals surface area contributed by atoms with E-state index in [0.29, 0.717) is 6.54 Å². The number of aromatic nitrogens is 2. The summed E-state index contributed by atoms with van der Waals surface area (Å²) in [5.41, 5.74) is 2.86. The Morgan fingerprint density at radius 3 is 2.88 bits per heavy atom. The van der Waals surface area contributed by atoms with Crippen LogP contribution in [-0.2, 0) is 6.54 Å². The third-order valence-electron chi connectivity index (χ3n) is 2.96. The average Bonchev–Trinajstić information content (AvgIpc) is 2.62. The van der Waals surface area contributed by atoms with E-state index in [1.807, 2.05) is 45.2 Å². The summed E-state index contributed by atoms with van der Waals surface area (Å²) in [5.74, 6) is 0. The van der Waals surface area contributed by atoms with Crippen molar-refractivity contribution in [2.75, 3.05) is 6.61 Å². The molecule has 0 aliphatic carbocycles. The van der Waals surface area contributed by atoms with Crippen molar-refractivity contribution in [1.82, 2.24) is 14.7 Å². The maximum absolute atomic E-state index is 9.22. The number of aliphatic hydroxyl groups excluding tert-OH is 1. The lowest BCUT2D eigenvalue weighted by molar-refractivity contribution is 0.187. The van der Waals surface area contributed by atoms with E-state index in [1.54, 1.807) is 0 Å². The molecule has 2 N–H and O–H groups in total. The van der Waals surface area contributed by atoms with Gasteiger partial charge in [-0.1, -0.05) is 6.07 Å². The highest BCUT2D eigenvalue weighted by molar-refractivity contribution is 5.42. The highest BCUT2D eigenvalue weighted by Gasteiger charge is 2.17. The lowest BCUT2D eigenvalue weighted by Crippen LogP contribution is -2.42. The summed E-state index contributed by atoms with van der Waals surface area (Å²) in [4.78, 5) is 4.50. The van der Waals surface area contributed by atoms with Gasteiger partial charge in [0.2, 0.25) is 0 Å². The van der Waals surface area contributed by atoms with Crippen LogP contribution < -0.4 is 5.32 Å². The van der Waals surface area contributed by atoms with Crippen LogP contribution in [0.5, 0.6) is 0 Å². The number of fused-ring (bicyclic) bond motifs is 1. The zero-order valence-corrected chi connectivity index (χ0v) is 10.6. The molecule has 2 heterocycles. The Balaban J connectivity index is 2.27. The van der Waals surface area contributed by atoms with Crippen LogP contribution in [0, 0.1) is 6.92 Å². The minimum atomic E-state index is -0.272. The molecule has 0 saturated heterocycles. The van der Waals surface area contributed by atoms with Crippen LogP contribution in [0.3, 0.4) is 0 Å². The first-order chi connectivity index (χ1) is 8.03. The number of nitrogens with one attached hydrogen (secondary N) is 1. The van der Waals surface area contributed by atoms with Crippen LogP contribution in [0.1, 0.15) is 25.2 Å².